The zero-order valence-corrected chi connectivity index (χ0v) is 8.90. The fourth-order valence-corrected chi connectivity index (χ4v) is 1.98. The van der Waals surface area contributed by atoms with Gasteiger partial charge in [-0.15, -0.1) is 0 Å². The molecule has 13 heavy (non-hydrogen) atoms. The average Bonchev–Trinajstić information content (AvgIpc) is 2.31. The lowest BCUT2D eigenvalue weighted by molar-refractivity contribution is -0.153. The van der Waals surface area contributed by atoms with E-state index < -0.39 is 22.5 Å². The molecule has 0 saturated heterocycles. The molecule has 0 amide bonds. The highest BCUT2D eigenvalue weighted by atomic mass is 19.1. The number of alkyl halides is 1. The van der Waals surface area contributed by atoms with Crippen molar-refractivity contribution in [2.75, 3.05) is 6.61 Å². The molecule has 0 unspecified atom stereocenters. The minimum absolute atomic E-state index is 0.233. The number of carbonyl (C=O) groups excluding carboxylic acids is 1. The van der Waals surface area contributed by atoms with Crippen molar-refractivity contribution in [3.8, 4) is 0 Å². The molecule has 0 aromatic rings. The normalized spacial score (nSPS) is 26.6. The van der Waals surface area contributed by atoms with Crippen LogP contribution in [0.5, 0.6) is 0 Å². The lowest BCUT2D eigenvalue weighted by atomic mass is 10.0. The van der Waals surface area contributed by atoms with Gasteiger partial charge in [0, 0.05) is 10.8 Å². The zero-order valence-electron chi connectivity index (χ0n) is 8.90. The second kappa shape index (κ2) is 2.46. The molecule has 0 N–H and O–H groups in total. The van der Waals surface area contributed by atoms with Crippen molar-refractivity contribution in [3.05, 3.63) is 0 Å². The van der Waals surface area contributed by atoms with Crippen LogP contribution < -0.4 is 0 Å². The summed E-state index contributed by atoms with van der Waals surface area (Å²) >= 11 is 0. The quantitative estimate of drug-likeness (QED) is 0.622. The van der Waals surface area contributed by atoms with E-state index >= 15 is 0 Å². The van der Waals surface area contributed by atoms with Gasteiger partial charge in [-0.2, -0.15) is 0 Å². The van der Waals surface area contributed by atoms with Crippen LogP contribution in [0.25, 0.3) is 0 Å². The average molecular weight is 188 g/mol. The molecule has 0 spiro atoms. The summed E-state index contributed by atoms with van der Waals surface area (Å²) in [5.41, 5.74) is -3.05. The minimum Gasteiger partial charge on any atom is -0.464 e. The first kappa shape index (κ1) is 10.5. The summed E-state index contributed by atoms with van der Waals surface area (Å²) in [6, 6.07) is 0. The van der Waals surface area contributed by atoms with Gasteiger partial charge in [0.15, 0.2) is 0 Å². The molecule has 0 heterocycles. The van der Waals surface area contributed by atoms with Crippen LogP contribution in [0, 0.1) is 10.8 Å². The van der Waals surface area contributed by atoms with E-state index in [-0.39, 0.29) is 6.61 Å². The maximum atomic E-state index is 14.2. The van der Waals surface area contributed by atoms with Gasteiger partial charge >= 0.3 is 5.97 Å². The van der Waals surface area contributed by atoms with Crippen molar-refractivity contribution in [1.29, 1.82) is 0 Å². The van der Waals surface area contributed by atoms with E-state index in [0.717, 1.165) is 0 Å². The second-order valence-electron chi connectivity index (χ2n) is 4.63. The van der Waals surface area contributed by atoms with Crippen LogP contribution in [0.4, 0.5) is 4.39 Å². The third-order valence-electron chi connectivity index (χ3n) is 3.78. The van der Waals surface area contributed by atoms with E-state index in [9.17, 15) is 9.18 Å². The molecule has 0 radical (unpaired) electrons. The number of ether oxygens (including phenoxy) is 1. The van der Waals surface area contributed by atoms with E-state index in [1.807, 2.05) is 0 Å². The van der Waals surface area contributed by atoms with Crippen molar-refractivity contribution in [2.24, 2.45) is 10.8 Å². The lowest BCUT2D eigenvalue weighted by Crippen LogP contribution is -2.27. The van der Waals surface area contributed by atoms with Crippen molar-refractivity contribution in [3.63, 3.8) is 0 Å². The van der Waals surface area contributed by atoms with E-state index in [1.54, 1.807) is 34.6 Å². The van der Waals surface area contributed by atoms with Crippen molar-refractivity contribution in [2.45, 2.75) is 40.3 Å². The number of hydrogen-bond donors (Lipinski definition) is 0. The van der Waals surface area contributed by atoms with Crippen molar-refractivity contribution < 1.29 is 13.9 Å². The molecule has 0 aromatic carbocycles. The van der Waals surface area contributed by atoms with E-state index in [0.29, 0.717) is 0 Å². The van der Waals surface area contributed by atoms with E-state index in [2.05, 4.69) is 0 Å². The predicted octanol–water partition coefficient (Wildman–Crippen LogP) is 2.32. The number of hydrogen-bond acceptors (Lipinski definition) is 2. The number of rotatable bonds is 2. The third-order valence-corrected chi connectivity index (χ3v) is 3.78. The molecule has 0 aromatic heterocycles. The molecule has 3 heteroatoms. The Morgan fingerprint density at radius 2 is 1.62 bits per heavy atom. The molecular formula is C10H17FO2. The summed E-state index contributed by atoms with van der Waals surface area (Å²) in [7, 11) is 0. The fraction of sp³-hybridized carbons (Fsp3) is 0.900. The monoisotopic (exact) mass is 188 g/mol. The molecule has 1 fully saturated rings. The zero-order chi connectivity index (χ0) is 10.5. The van der Waals surface area contributed by atoms with Gasteiger partial charge in [0.05, 0.1) is 6.61 Å². The van der Waals surface area contributed by atoms with Crippen LogP contribution in [0.1, 0.15) is 34.6 Å². The summed E-state index contributed by atoms with van der Waals surface area (Å²) in [6.07, 6.45) is 0. The maximum Gasteiger partial charge on any atom is 0.345 e. The van der Waals surface area contributed by atoms with Crippen LogP contribution in [0.2, 0.25) is 0 Å². The molecule has 0 atom stereocenters. The van der Waals surface area contributed by atoms with Gasteiger partial charge in [0.1, 0.15) is 0 Å². The number of halogens is 1. The number of carbonyl (C=O) groups is 1. The first-order valence-corrected chi connectivity index (χ1v) is 4.59. The first-order valence-electron chi connectivity index (χ1n) is 4.59. The van der Waals surface area contributed by atoms with Crippen molar-refractivity contribution >= 4 is 5.97 Å². The standard InChI is InChI=1S/C10H17FO2/c1-6-13-7(12)10(11)8(2,3)9(10,4)5/h6H2,1-5H3. The van der Waals surface area contributed by atoms with Crippen LogP contribution in [-0.2, 0) is 9.53 Å². The molecule has 76 valence electrons. The Morgan fingerprint density at radius 3 is 1.85 bits per heavy atom. The van der Waals surface area contributed by atoms with Gasteiger partial charge in [-0.25, -0.2) is 9.18 Å². The van der Waals surface area contributed by atoms with Gasteiger partial charge in [0.2, 0.25) is 5.67 Å². The van der Waals surface area contributed by atoms with Gasteiger partial charge < -0.3 is 4.74 Å². The Balaban J connectivity index is 2.88. The summed E-state index contributed by atoms with van der Waals surface area (Å²) < 4.78 is 18.9. The third kappa shape index (κ3) is 0.903. The first-order chi connectivity index (χ1) is 5.73. The Kier molecular flexibility index (Phi) is 1.98. The van der Waals surface area contributed by atoms with Crippen LogP contribution >= 0.6 is 0 Å². The molecule has 1 saturated carbocycles. The molecular weight excluding hydrogens is 171 g/mol. The predicted molar refractivity (Wildman–Crippen MR) is 48.0 cm³/mol. The topological polar surface area (TPSA) is 26.3 Å². The highest BCUT2D eigenvalue weighted by Gasteiger charge is 2.84. The largest absolute Gasteiger partial charge is 0.464 e. The van der Waals surface area contributed by atoms with Gasteiger partial charge in [0.25, 0.3) is 0 Å². The fourth-order valence-electron chi connectivity index (χ4n) is 1.98. The van der Waals surface area contributed by atoms with Crippen LogP contribution in [0.15, 0.2) is 0 Å². The summed E-state index contributed by atoms with van der Waals surface area (Å²) in [5.74, 6) is -0.718. The smallest absolute Gasteiger partial charge is 0.345 e. The Hall–Kier alpha value is -0.600. The Labute approximate surface area is 78.5 Å². The Bertz CT molecular complexity index is 229. The van der Waals surface area contributed by atoms with Gasteiger partial charge in [-0.3, -0.25) is 0 Å². The summed E-state index contributed by atoms with van der Waals surface area (Å²) in [5, 5.41) is 0. The summed E-state index contributed by atoms with van der Waals surface area (Å²) in [6.45, 7) is 8.93. The second-order valence-corrected chi connectivity index (χ2v) is 4.63. The van der Waals surface area contributed by atoms with Crippen molar-refractivity contribution in [1.82, 2.24) is 0 Å². The van der Waals surface area contributed by atoms with E-state index in [1.165, 1.54) is 0 Å². The highest BCUT2D eigenvalue weighted by Crippen LogP contribution is 2.74. The maximum absolute atomic E-state index is 14.2. The summed E-state index contributed by atoms with van der Waals surface area (Å²) in [4.78, 5) is 11.4. The lowest BCUT2D eigenvalue weighted by Gasteiger charge is -2.09. The molecule has 0 bridgehead atoms. The molecule has 1 aliphatic carbocycles. The van der Waals surface area contributed by atoms with Crippen LogP contribution in [-0.4, -0.2) is 18.2 Å². The highest BCUT2D eigenvalue weighted by molar-refractivity contribution is 5.87. The SMILES string of the molecule is CCOC(=O)C1(F)C(C)(C)C1(C)C. The van der Waals surface area contributed by atoms with Gasteiger partial charge in [-0.05, 0) is 6.92 Å². The molecule has 1 aliphatic rings. The Morgan fingerprint density at radius 1 is 1.23 bits per heavy atom. The van der Waals surface area contributed by atoms with Gasteiger partial charge in [-0.1, -0.05) is 27.7 Å². The minimum atomic E-state index is -1.81. The van der Waals surface area contributed by atoms with Crippen LogP contribution in [0.3, 0.4) is 0 Å². The molecule has 2 nitrogen and oxygen atoms in total. The van der Waals surface area contributed by atoms with E-state index in [4.69, 9.17) is 4.74 Å². The molecule has 1 rings (SSSR count). The number of esters is 1. The molecule has 0 aliphatic heterocycles.